The van der Waals surface area contributed by atoms with Gasteiger partial charge in [0.2, 0.25) is 15.9 Å². The summed E-state index contributed by atoms with van der Waals surface area (Å²) in [6.45, 7) is 3.38. The van der Waals surface area contributed by atoms with Crippen LogP contribution >= 0.6 is 0 Å². The fourth-order valence-corrected chi connectivity index (χ4v) is 2.51. The summed E-state index contributed by atoms with van der Waals surface area (Å²) in [6, 6.07) is 3.93. The highest BCUT2D eigenvalue weighted by atomic mass is 32.2. The SMILES string of the molecule is CCCC(NC(C)C(=O)Nc1cccc(S(N)(=O)=O)c1)C(=O)O. The number of hydrogen-bond acceptors (Lipinski definition) is 5. The van der Waals surface area contributed by atoms with Crippen molar-refractivity contribution in [3.05, 3.63) is 24.3 Å². The standard InChI is InChI=1S/C14H21N3O5S/c1-3-5-12(14(19)20)16-9(2)13(18)17-10-6-4-7-11(8-10)23(15,21)22/h4,6-9,12,16H,3,5H2,1-2H3,(H,17,18)(H,19,20)(H2,15,21,22). The Hall–Kier alpha value is -1.97. The Bertz CT molecular complexity index is 675. The second-order valence-corrected chi connectivity index (χ2v) is 6.69. The molecule has 23 heavy (non-hydrogen) atoms. The van der Waals surface area contributed by atoms with Gasteiger partial charge in [-0.3, -0.25) is 14.9 Å². The van der Waals surface area contributed by atoms with Crippen LogP contribution in [0.4, 0.5) is 5.69 Å². The number of aliphatic carboxylic acids is 1. The zero-order valence-electron chi connectivity index (χ0n) is 12.9. The number of amides is 1. The van der Waals surface area contributed by atoms with Gasteiger partial charge in [0.15, 0.2) is 0 Å². The molecule has 0 spiro atoms. The molecule has 128 valence electrons. The van der Waals surface area contributed by atoms with Crippen molar-refractivity contribution in [1.82, 2.24) is 5.32 Å². The molecule has 8 nitrogen and oxygen atoms in total. The molecule has 2 unspecified atom stereocenters. The molecule has 1 amide bonds. The van der Waals surface area contributed by atoms with Crippen molar-refractivity contribution in [3.8, 4) is 0 Å². The molecule has 0 aliphatic carbocycles. The number of carbonyl (C=O) groups excluding carboxylic acids is 1. The minimum Gasteiger partial charge on any atom is -0.480 e. The molecule has 0 aliphatic heterocycles. The van der Waals surface area contributed by atoms with Gasteiger partial charge in [-0.2, -0.15) is 0 Å². The zero-order valence-corrected chi connectivity index (χ0v) is 13.8. The highest BCUT2D eigenvalue weighted by Crippen LogP contribution is 2.14. The summed E-state index contributed by atoms with van der Waals surface area (Å²) < 4.78 is 22.6. The molecule has 0 heterocycles. The van der Waals surface area contributed by atoms with Crippen LogP contribution in [-0.2, 0) is 19.6 Å². The number of rotatable bonds is 8. The number of benzene rings is 1. The fraction of sp³-hybridized carbons (Fsp3) is 0.429. The lowest BCUT2D eigenvalue weighted by Crippen LogP contribution is -2.47. The van der Waals surface area contributed by atoms with Gasteiger partial charge in [0.1, 0.15) is 6.04 Å². The van der Waals surface area contributed by atoms with Crippen molar-refractivity contribution in [3.63, 3.8) is 0 Å². The van der Waals surface area contributed by atoms with Crippen molar-refractivity contribution in [1.29, 1.82) is 0 Å². The Labute approximate surface area is 135 Å². The predicted octanol–water partition coefficient (Wildman–Crippen LogP) is 0.504. The second kappa shape index (κ2) is 8.04. The van der Waals surface area contributed by atoms with E-state index in [1.807, 2.05) is 6.92 Å². The van der Waals surface area contributed by atoms with E-state index in [2.05, 4.69) is 10.6 Å². The lowest BCUT2D eigenvalue weighted by atomic mass is 10.1. The van der Waals surface area contributed by atoms with Crippen LogP contribution in [0, 0.1) is 0 Å². The second-order valence-electron chi connectivity index (χ2n) is 5.13. The summed E-state index contributed by atoms with van der Waals surface area (Å²) in [6.07, 6.45) is 1.06. The third kappa shape index (κ3) is 5.97. The number of nitrogens with two attached hydrogens (primary N) is 1. The number of sulfonamides is 1. The van der Waals surface area contributed by atoms with E-state index in [9.17, 15) is 18.0 Å². The number of nitrogens with one attached hydrogen (secondary N) is 2. The zero-order chi connectivity index (χ0) is 17.6. The maximum Gasteiger partial charge on any atom is 0.320 e. The molecule has 0 saturated heterocycles. The van der Waals surface area contributed by atoms with Gasteiger partial charge in [-0.1, -0.05) is 19.4 Å². The first-order valence-electron chi connectivity index (χ1n) is 7.07. The molecule has 1 aromatic carbocycles. The summed E-state index contributed by atoms with van der Waals surface area (Å²) >= 11 is 0. The van der Waals surface area contributed by atoms with Crippen molar-refractivity contribution in [2.45, 2.75) is 43.7 Å². The monoisotopic (exact) mass is 343 g/mol. The molecule has 0 aromatic heterocycles. The Kier molecular flexibility index (Phi) is 6.67. The number of primary sulfonamides is 1. The molecular weight excluding hydrogens is 322 g/mol. The van der Waals surface area contributed by atoms with Crippen LogP contribution in [0.5, 0.6) is 0 Å². The van der Waals surface area contributed by atoms with Gasteiger partial charge >= 0.3 is 5.97 Å². The molecule has 0 bridgehead atoms. The van der Waals surface area contributed by atoms with Gasteiger partial charge in [-0.25, -0.2) is 13.6 Å². The summed E-state index contributed by atoms with van der Waals surface area (Å²) in [4.78, 5) is 23.1. The average molecular weight is 343 g/mol. The third-order valence-corrected chi connectivity index (χ3v) is 4.06. The van der Waals surface area contributed by atoms with E-state index in [4.69, 9.17) is 10.2 Å². The first kappa shape index (κ1) is 19.1. The van der Waals surface area contributed by atoms with Crippen molar-refractivity contribution in [2.24, 2.45) is 5.14 Å². The topological polar surface area (TPSA) is 139 Å². The van der Waals surface area contributed by atoms with Crippen molar-refractivity contribution in [2.75, 3.05) is 5.32 Å². The number of anilines is 1. The third-order valence-electron chi connectivity index (χ3n) is 3.15. The highest BCUT2D eigenvalue weighted by Gasteiger charge is 2.22. The summed E-state index contributed by atoms with van der Waals surface area (Å²) in [5.74, 6) is -1.50. The maximum atomic E-state index is 12.1. The molecule has 0 aliphatic rings. The van der Waals surface area contributed by atoms with E-state index in [0.717, 1.165) is 0 Å². The first-order valence-corrected chi connectivity index (χ1v) is 8.62. The molecule has 0 radical (unpaired) electrons. The van der Waals surface area contributed by atoms with Crippen LogP contribution in [-0.4, -0.2) is 37.5 Å². The van der Waals surface area contributed by atoms with Crippen molar-refractivity contribution < 1.29 is 23.1 Å². The van der Waals surface area contributed by atoms with Crippen LogP contribution in [0.3, 0.4) is 0 Å². The number of carboxylic acids is 1. The predicted molar refractivity (Wildman–Crippen MR) is 85.4 cm³/mol. The fourth-order valence-electron chi connectivity index (χ4n) is 1.95. The van der Waals surface area contributed by atoms with Crippen LogP contribution in [0.1, 0.15) is 26.7 Å². The van der Waals surface area contributed by atoms with E-state index in [0.29, 0.717) is 12.8 Å². The minimum absolute atomic E-state index is 0.120. The molecule has 5 N–H and O–H groups in total. The number of carboxylic acid groups (broad SMARTS) is 1. The van der Waals surface area contributed by atoms with Crippen LogP contribution in [0.15, 0.2) is 29.2 Å². The van der Waals surface area contributed by atoms with Crippen LogP contribution < -0.4 is 15.8 Å². The largest absolute Gasteiger partial charge is 0.480 e. The quantitative estimate of drug-likeness (QED) is 0.542. The van der Waals surface area contributed by atoms with Crippen LogP contribution in [0.25, 0.3) is 0 Å². The van der Waals surface area contributed by atoms with E-state index in [1.165, 1.54) is 31.2 Å². The number of hydrogen-bond donors (Lipinski definition) is 4. The molecule has 1 aromatic rings. The van der Waals surface area contributed by atoms with E-state index in [-0.39, 0.29) is 10.6 Å². The Morgan fingerprint density at radius 1 is 1.35 bits per heavy atom. The molecule has 2 atom stereocenters. The summed E-state index contributed by atoms with van der Waals surface area (Å²) in [5.41, 5.74) is 0.262. The molecule has 0 fully saturated rings. The van der Waals surface area contributed by atoms with Crippen LogP contribution in [0.2, 0.25) is 0 Å². The number of carbonyl (C=O) groups is 2. The summed E-state index contributed by atoms with van der Waals surface area (Å²) in [5, 5.41) is 19.4. The van der Waals surface area contributed by atoms with Gasteiger partial charge in [0.05, 0.1) is 10.9 Å². The molecular formula is C14H21N3O5S. The highest BCUT2D eigenvalue weighted by molar-refractivity contribution is 7.89. The van der Waals surface area contributed by atoms with E-state index in [1.54, 1.807) is 0 Å². The summed E-state index contributed by atoms with van der Waals surface area (Å²) in [7, 11) is -3.86. The van der Waals surface area contributed by atoms with E-state index < -0.39 is 34.0 Å². The molecule has 0 saturated carbocycles. The average Bonchev–Trinajstić information content (AvgIpc) is 2.45. The van der Waals surface area contributed by atoms with Gasteiger partial charge in [-0.15, -0.1) is 0 Å². The Balaban J connectivity index is 2.77. The minimum atomic E-state index is -3.86. The lowest BCUT2D eigenvalue weighted by Gasteiger charge is -2.19. The van der Waals surface area contributed by atoms with Crippen molar-refractivity contribution >= 4 is 27.6 Å². The van der Waals surface area contributed by atoms with Gasteiger partial charge in [0, 0.05) is 5.69 Å². The Morgan fingerprint density at radius 2 is 2.00 bits per heavy atom. The normalized spacial score (nSPS) is 14.0. The molecule has 9 heteroatoms. The molecule has 1 rings (SSSR count). The maximum absolute atomic E-state index is 12.1. The lowest BCUT2D eigenvalue weighted by molar-refractivity contribution is -0.140. The van der Waals surface area contributed by atoms with Gasteiger partial charge < -0.3 is 10.4 Å². The Morgan fingerprint density at radius 3 is 2.52 bits per heavy atom. The van der Waals surface area contributed by atoms with Gasteiger partial charge in [0.25, 0.3) is 0 Å². The van der Waals surface area contributed by atoms with Gasteiger partial charge in [-0.05, 0) is 31.5 Å². The smallest absolute Gasteiger partial charge is 0.320 e. The van der Waals surface area contributed by atoms with E-state index >= 15 is 0 Å². The first-order chi connectivity index (χ1) is 10.6.